The second-order valence-corrected chi connectivity index (χ2v) is 4.51. The van der Waals surface area contributed by atoms with Crippen LogP contribution in [0, 0.1) is 0 Å². The summed E-state index contributed by atoms with van der Waals surface area (Å²) >= 11 is 0. The van der Waals surface area contributed by atoms with E-state index in [9.17, 15) is 9.90 Å². The number of carbonyl (C=O) groups is 1. The van der Waals surface area contributed by atoms with E-state index in [1.807, 2.05) is 30.3 Å². The van der Waals surface area contributed by atoms with E-state index >= 15 is 0 Å². The van der Waals surface area contributed by atoms with Gasteiger partial charge in [0.1, 0.15) is 6.10 Å². The molecule has 0 spiro atoms. The van der Waals surface area contributed by atoms with Gasteiger partial charge in [-0.05, 0) is 24.8 Å². The molecule has 4 heteroatoms. The lowest BCUT2D eigenvalue weighted by Crippen LogP contribution is -2.35. The lowest BCUT2D eigenvalue weighted by atomic mass is 10.1. The summed E-state index contributed by atoms with van der Waals surface area (Å²) < 4.78 is 5.28. The third kappa shape index (κ3) is 3.55. The third-order valence-corrected chi connectivity index (χ3v) is 3.12. The largest absolute Gasteiger partial charge is 0.388 e. The van der Waals surface area contributed by atoms with Crippen LogP contribution in [0.15, 0.2) is 30.3 Å². The van der Waals surface area contributed by atoms with E-state index in [1.165, 1.54) is 0 Å². The molecule has 2 unspecified atom stereocenters. The summed E-state index contributed by atoms with van der Waals surface area (Å²) in [6.45, 7) is 1.14. The lowest BCUT2D eigenvalue weighted by molar-refractivity contribution is -0.130. The number of benzene rings is 1. The molecule has 1 fully saturated rings. The smallest absolute Gasteiger partial charge is 0.249 e. The van der Waals surface area contributed by atoms with Crippen LogP contribution in [0.4, 0.5) is 0 Å². The maximum absolute atomic E-state index is 11.6. The number of amides is 1. The van der Waals surface area contributed by atoms with Crippen LogP contribution in [0.1, 0.15) is 30.9 Å². The molecule has 98 valence electrons. The first-order chi connectivity index (χ1) is 8.77. The molecule has 1 aliphatic rings. The maximum atomic E-state index is 11.6. The molecule has 1 aliphatic heterocycles. The SMILES string of the molecule is O=C(NCCC(O)c1ccccc1)C1CCCO1. The van der Waals surface area contributed by atoms with Gasteiger partial charge >= 0.3 is 0 Å². The second-order valence-electron chi connectivity index (χ2n) is 4.51. The van der Waals surface area contributed by atoms with Gasteiger partial charge in [0.2, 0.25) is 5.91 Å². The highest BCUT2D eigenvalue weighted by Crippen LogP contribution is 2.15. The van der Waals surface area contributed by atoms with Crippen molar-refractivity contribution in [3.63, 3.8) is 0 Å². The molecule has 0 bridgehead atoms. The number of aliphatic hydroxyl groups excluding tert-OH is 1. The van der Waals surface area contributed by atoms with E-state index in [4.69, 9.17) is 4.74 Å². The van der Waals surface area contributed by atoms with Gasteiger partial charge in [0.25, 0.3) is 0 Å². The van der Waals surface area contributed by atoms with Gasteiger partial charge < -0.3 is 15.2 Å². The third-order valence-electron chi connectivity index (χ3n) is 3.12. The van der Waals surface area contributed by atoms with Crippen LogP contribution >= 0.6 is 0 Å². The Labute approximate surface area is 107 Å². The molecule has 4 nitrogen and oxygen atoms in total. The summed E-state index contributed by atoms with van der Waals surface area (Å²) in [6, 6.07) is 9.46. The zero-order valence-electron chi connectivity index (χ0n) is 10.3. The molecular weight excluding hydrogens is 230 g/mol. The highest BCUT2D eigenvalue weighted by Gasteiger charge is 2.23. The van der Waals surface area contributed by atoms with Crippen molar-refractivity contribution in [1.29, 1.82) is 0 Å². The number of carbonyl (C=O) groups excluding carboxylic acids is 1. The van der Waals surface area contributed by atoms with Crippen molar-refractivity contribution in [2.24, 2.45) is 0 Å². The van der Waals surface area contributed by atoms with Crippen LogP contribution in [-0.4, -0.2) is 30.3 Å². The first-order valence-corrected chi connectivity index (χ1v) is 6.39. The van der Waals surface area contributed by atoms with Crippen LogP contribution < -0.4 is 5.32 Å². The molecule has 2 rings (SSSR count). The molecule has 0 radical (unpaired) electrons. The van der Waals surface area contributed by atoms with Crippen molar-refractivity contribution in [1.82, 2.24) is 5.32 Å². The van der Waals surface area contributed by atoms with E-state index in [0.717, 1.165) is 18.4 Å². The molecule has 1 saturated heterocycles. The quantitative estimate of drug-likeness (QED) is 0.829. The first-order valence-electron chi connectivity index (χ1n) is 6.39. The van der Waals surface area contributed by atoms with Crippen LogP contribution in [0.2, 0.25) is 0 Å². The van der Waals surface area contributed by atoms with Crippen molar-refractivity contribution in [2.75, 3.05) is 13.2 Å². The predicted octanol–water partition coefficient (Wildman–Crippen LogP) is 1.41. The van der Waals surface area contributed by atoms with Crippen molar-refractivity contribution in [3.8, 4) is 0 Å². The minimum absolute atomic E-state index is 0.0623. The van der Waals surface area contributed by atoms with Gasteiger partial charge in [-0.25, -0.2) is 0 Å². The molecule has 0 saturated carbocycles. The summed E-state index contributed by atoms with van der Waals surface area (Å²) in [7, 11) is 0. The fourth-order valence-corrected chi connectivity index (χ4v) is 2.07. The molecular formula is C14H19NO3. The lowest BCUT2D eigenvalue weighted by Gasteiger charge is -2.13. The maximum Gasteiger partial charge on any atom is 0.249 e. The van der Waals surface area contributed by atoms with Crippen LogP contribution in [0.25, 0.3) is 0 Å². The molecule has 1 aromatic carbocycles. The summed E-state index contributed by atoms with van der Waals surface area (Å²) in [6.07, 6.45) is 1.44. The topological polar surface area (TPSA) is 58.6 Å². The first kappa shape index (κ1) is 13.1. The van der Waals surface area contributed by atoms with E-state index < -0.39 is 6.10 Å². The van der Waals surface area contributed by atoms with Crippen LogP contribution in [0.5, 0.6) is 0 Å². The van der Waals surface area contributed by atoms with E-state index in [0.29, 0.717) is 19.6 Å². The van der Waals surface area contributed by atoms with Gasteiger partial charge in [0, 0.05) is 13.2 Å². The van der Waals surface area contributed by atoms with Gasteiger partial charge in [0.15, 0.2) is 0 Å². The van der Waals surface area contributed by atoms with Crippen molar-refractivity contribution >= 4 is 5.91 Å². The normalized spacial score (nSPS) is 20.6. The Hall–Kier alpha value is -1.39. The van der Waals surface area contributed by atoms with E-state index in [-0.39, 0.29) is 12.0 Å². The Balaban J connectivity index is 1.70. The van der Waals surface area contributed by atoms with Crippen LogP contribution in [-0.2, 0) is 9.53 Å². The van der Waals surface area contributed by atoms with Gasteiger partial charge in [-0.3, -0.25) is 4.79 Å². The molecule has 1 amide bonds. The molecule has 1 heterocycles. The highest BCUT2D eigenvalue weighted by atomic mass is 16.5. The monoisotopic (exact) mass is 249 g/mol. The molecule has 18 heavy (non-hydrogen) atoms. The summed E-state index contributed by atoms with van der Waals surface area (Å²) in [5.74, 6) is -0.0623. The zero-order chi connectivity index (χ0) is 12.8. The van der Waals surface area contributed by atoms with E-state index in [1.54, 1.807) is 0 Å². The zero-order valence-corrected chi connectivity index (χ0v) is 10.3. The van der Waals surface area contributed by atoms with Crippen molar-refractivity contribution < 1.29 is 14.6 Å². The highest BCUT2D eigenvalue weighted by molar-refractivity contribution is 5.80. The molecule has 0 aromatic heterocycles. The average molecular weight is 249 g/mol. The Kier molecular flexibility index (Phi) is 4.73. The summed E-state index contributed by atoms with van der Waals surface area (Å²) in [4.78, 5) is 11.6. The molecule has 2 N–H and O–H groups in total. The summed E-state index contributed by atoms with van der Waals surface area (Å²) in [5.41, 5.74) is 0.879. The molecule has 0 aliphatic carbocycles. The summed E-state index contributed by atoms with van der Waals surface area (Å²) in [5, 5.41) is 12.7. The van der Waals surface area contributed by atoms with Gasteiger partial charge in [-0.1, -0.05) is 30.3 Å². The number of hydrogen-bond donors (Lipinski definition) is 2. The van der Waals surface area contributed by atoms with Gasteiger partial charge in [0.05, 0.1) is 6.10 Å². The fraction of sp³-hybridized carbons (Fsp3) is 0.500. The average Bonchev–Trinajstić information content (AvgIpc) is 2.93. The minimum Gasteiger partial charge on any atom is -0.388 e. The number of rotatable bonds is 5. The van der Waals surface area contributed by atoms with E-state index in [2.05, 4.69) is 5.32 Å². The minimum atomic E-state index is -0.531. The Morgan fingerprint density at radius 3 is 2.89 bits per heavy atom. The number of hydrogen-bond acceptors (Lipinski definition) is 3. The molecule has 2 atom stereocenters. The Morgan fingerprint density at radius 1 is 1.44 bits per heavy atom. The number of aliphatic hydroxyl groups is 1. The number of nitrogens with one attached hydrogen (secondary N) is 1. The predicted molar refractivity (Wildman–Crippen MR) is 68.0 cm³/mol. The number of ether oxygens (including phenoxy) is 1. The van der Waals surface area contributed by atoms with Crippen molar-refractivity contribution in [2.45, 2.75) is 31.5 Å². The Morgan fingerprint density at radius 2 is 2.22 bits per heavy atom. The molecule has 1 aromatic rings. The Bertz CT molecular complexity index is 374. The van der Waals surface area contributed by atoms with Crippen LogP contribution in [0.3, 0.4) is 0 Å². The standard InChI is InChI=1S/C14H19NO3/c16-12(11-5-2-1-3-6-11)8-9-15-14(17)13-7-4-10-18-13/h1-3,5-6,12-13,16H,4,7-10H2,(H,15,17). The van der Waals surface area contributed by atoms with Gasteiger partial charge in [-0.2, -0.15) is 0 Å². The van der Waals surface area contributed by atoms with Crippen molar-refractivity contribution in [3.05, 3.63) is 35.9 Å². The second kappa shape index (κ2) is 6.52. The van der Waals surface area contributed by atoms with Gasteiger partial charge in [-0.15, -0.1) is 0 Å². The fourth-order valence-electron chi connectivity index (χ4n) is 2.07.